The topological polar surface area (TPSA) is 24.9 Å². The SMILES string of the molecule is C=CCCNc1ncccc1Br. The first-order valence-corrected chi connectivity index (χ1v) is 4.59. The summed E-state index contributed by atoms with van der Waals surface area (Å²) in [6.45, 7) is 4.52. The maximum atomic E-state index is 4.16. The number of nitrogens with zero attached hydrogens (tertiary/aromatic N) is 1. The Balaban J connectivity index is 2.51. The van der Waals surface area contributed by atoms with Crippen molar-refractivity contribution in [3.05, 3.63) is 35.5 Å². The van der Waals surface area contributed by atoms with Crippen LogP contribution in [0.1, 0.15) is 6.42 Å². The third kappa shape index (κ3) is 2.66. The molecule has 0 amide bonds. The summed E-state index contributed by atoms with van der Waals surface area (Å²) < 4.78 is 0.995. The van der Waals surface area contributed by atoms with Crippen LogP contribution in [-0.2, 0) is 0 Å². The Morgan fingerprint density at radius 3 is 3.17 bits per heavy atom. The van der Waals surface area contributed by atoms with Crippen LogP contribution in [0, 0.1) is 0 Å². The lowest BCUT2D eigenvalue weighted by atomic mass is 10.4. The van der Waals surface area contributed by atoms with Gasteiger partial charge in [0, 0.05) is 12.7 Å². The Kier molecular flexibility index (Phi) is 3.80. The van der Waals surface area contributed by atoms with E-state index in [0.717, 1.165) is 23.3 Å². The summed E-state index contributed by atoms with van der Waals surface area (Å²) in [6, 6.07) is 3.85. The molecular weight excluding hydrogens is 216 g/mol. The molecule has 1 heterocycles. The molecule has 0 saturated carbocycles. The van der Waals surface area contributed by atoms with Crippen molar-refractivity contribution in [3.63, 3.8) is 0 Å². The lowest BCUT2D eigenvalue weighted by Crippen LogP contribution is -2.02. The molecule has 0 aliphatic carbocycles. The average molecular weight is 227 g/mol. The van der Waals surface area contributed by atoms with E-state index in [-0.39, 0.29) is 0 Å². The molecule has 1 rings (SSSR count). The van der Waals surface area contributed by atoms with E-state index >= 15 is 0 Å². The van der Waals surface area contributed by atoms with Gasteiger partial charge in [0.2, 0.25) is 0 Å². The van der Waals surface area contributed by atoms with E-state index in [1.54, 1.807) is 6.20 Å². The fraction of sp³-hybridized carbons (Fsp3) is 0.222. The van der Waals surface area contributed by atoms with Crippen LogP contribution in [0.15, 0.2) is 35.5 Å². The minimum atomic E-state index is 0.874. The Morgan fingerprint density at radius 2 is 2.50 bits per heavy atom. The van der Waals surface area contributed by atoms with E-state index in [0.29, 0.717) is 0 Å². The predicted octanol–water partition coefficient (Wildman–Crippen LogP) is 2.83. The molecule has 12 heavy (non-hydrogen) atoms. The summed E-state index contributed by atoms with van der Waals surface area (Å²) in [4.78, 5) is 4.16. The zero-order chi connectivity index (χ0) is 8.81. The molecule has 0 unspecified atom stereocenters. The Morgan fingerprint density at radius 1 is 1.67 bits per heavy atom. The normalized spacial score (nSPS) is 9.42. The number of rotatable bonds is 4. The largest absolute Gasteiger partial charge is 0.369 e. The highest BCUT2D eigenvalue weighted by atomic mass is 79.9. The molecule has 2 nitrogen and oxygen atoms in total. The average Bonchev–Trinajstić information content (AvgIpc) is 2.09. The highest BCUT2D eigenvalue weighted by Crippen LogP contribution is 2.17. The van der Waals surface area contributed by atoms with Crippen LogP contribution in [0.3, 0.4) is 0 Å². The number of pyridine rings is 1. The van der Waals surface area contributed by atoms with Crippen molar-refractivity contribution in [2.75, 3.05) is 11.9 Å². The summed E-state index contributed by atoms with van der Waals surface area (Å²) in [5.41, 5.74) is 0. The van der Waals surface area contributed by atoms with Gasteiger partial charge in [-0.25, -0.2) is 4.98 Å². The summed E-state index contributed by atoms with van der Waals surface area (Å²) in [5, 5.41) is 3.18. The molecule has 0 bridgehead atoms. The van der Waals surface area contributed by atoms with Crippen molar-refractivity contribution in [1.82, 2.24) is 4.98 Å². The van der Waals surface area contributed by atoms with Crippen molar-refractivity contribution in [2.24, 2.45) is 0 Å². The van der Waals surface area contributed by atoms with Crippen LogP contribution < -0.4 is 5.32 Å². The lowest BCUT2D eigenvalue weighted by Gasteiger charge is -2.04. The van der Waals surface area contributed by atoms with Crippen molar-refractivity contribution >= 4 is 21.7 Å². The smallest absolute Gasteiger partial charge is 0.140 e. The van der Waals surface area contributed by atoms with E-state index in [4.69, 9.17) is 0 Å². The molecule has 3 heteroatoms. The maximum Gasteiger partial charge on any atom is 0.140 e. The van der Waals surface area contributed by atoms with Gasteiger partial charge in [0.05, 0.1) is 4.47 Å². The molecule has 0 aliphatic heterocycles. The number of anilines is 1. The number of halogens is 1. The minimum Gasteiger partial charge on any atom is -0.369 e. The molecule has 0 aromatic carbocycles. The van der Waals surface area contributed by atoms with Crippen LogP contribution >= 0.6 is 15.9 Å². The number of nitrogens with one attached hydrogen (secondary N) is 1. The highest BCUT2D eigenvalue weighted by molar-refractivity contribution is 9.10. The first-order valence-electron chi connectivity index (χ1n) is 3.80. The summed E-state index contributed by atoms with van der Waals surface area (Å²) >= 11 is 3.40. The third-order valence-corrected chi connectivity index (χ3v) is 2.04. The summed E-state index contributed by atoms with van der Waals surface area (Å²) in [7, 11) is 0. The maximum absolute atomic E-state index is 4.16. The Bertz CT molecular complexity index is 260. The van der Waals surface area contributed by atoms with Crippen molar-refractivity contribution in [3.8, 4) is 0 Å². The number of hydrogen-bond donors (Lipinski definition) is 1. The first kappa shape index (κ1) is 9.26. The van der Waals surface area contributed by atoms with Gasteiger partial charge in [-0.1, -0.05) is 6.08 Å². The van der Waals surface area contributed by atoms with E-state index in [9.17, 15) is 0 Å². The van der Waals surface area contributed by atoms with E-state index in [1.807, 2.05) is 18.2 Å². The van der Waals surface area contributed by atoms with Crippen molar-refractivity contribution in [2.45, 2.75) is 6.42 Å². The van der Waals surface area contributed by atoms with Gasteiger partial charge in [0.15, 0.2) is 0 Å². The Hall–Kier alpha value is -0.830. The second kappa shape index (κ2) is 4.93. The van der Waals surface area contributed by atoms with Crippen LogP contribution in [-0.4, -0.2) is 11.5 Å². The van der Waals surface area contributed by atoms with Gasteiger partial charge in [-0.15, -0.1) is 6.58 Å². The molecular formula is C9H11BrN2. The summed E-state index contributed by atoms with van der Waals surface area (Å²) in [6.07, 6.45) is 4.59. The van der Waals surface area contributed by atoms with Crippen LogP contribution in [0.2, 0.25) is 0 Å². The molecule has 0 fully saturated rings. The fourth-order valence-corrected chi connectivity index (χ4v) is 1.20. The van der Waals surface area contributed by atoms with Crippen molar-refractivity contribution < 1.29 is 0 Å². The lowest BCUT2D eigenvalue weighted by molar-refractivity contribution is 1.05. The van der Waals surface area contributed by atoms with Gasteiger partial charge in [0.25, 0.3) is 0 Å². The quantitative estimate of drug-likeness (QED) is 0.631. The highest BCUT2D eigenvalue weighted by Gasteiger charge is 1.96. The minimum absolute atomic E-state index is 0.874. The second-order valence-corrected chi connectivity index (χ2v) is 3.19. The molecule has 0 spiro atoms. The summed E-state index contributed by atoms with van der Waals surface area (Å²) in [5.74, 6) is 0.888. The second-order valence-electron chi connectivity index (χ2n) is 2.34. The van der Waals surface area contributed by atoms with Crippen molar-refractivity contribution in [1.29, 1.82) is 0 Å². The van der Waals surface area contributed by atoms with Gasteiger partial charge in [-0.05, 0) is 34.5 Å². The molecule has 1 N–H and O–H groups in total. The van der Waals surface area contributed by atoms with Gasteiger partial charge >= 0.3 is 0 Å². The molecule has 1 aromatic rings. The zero-order valence-corrected chi connectivity index (χ0v) is 8.34. The zero-order valence-electron chi connectivity index (χ0n) is 6.76. The number of aromatic nitrogens is 1. The molecule has 0 aliphatic rings. The van der Waals surface area contributed by atoms with Gasteiger partial charge < -0.3 is 5.32 Å². The van der Waals surface area contributed by atoms with Gasteiger partial charge in [-0.2, -0.15) is 0 Å². The van der Waals surface area contributed by atoms with E-state index in [2.05, 4.69) is 32.8 Å². The molecule has 64 valence electrons. The molecule has 0 radical (unpaired) electrons. The van der Waals surface area contributed by atoms with Crippen LogP contribution in [0.4, 0.5) is 5.82 Å². The molecule has 1 aromatic heterocycles. The fourth-order valence-electron chi connectivity index (χ4n) is 0.808. The van der Waals surface area contributed by atoms with Crippen LogP contribution in [0.25, 0.3) is 0 Å². The van der Waals surface area contributed by atoms with E-state index in [1.165, 1.54) is 0 Å². The molecule has 0 atom stereocenters. The van der Waals surface area contributed by atoms with Crippen LogP contribution in [0.5, 0.6) is 0 Å². The number of hydrogen-bond acceptors (Lipinski definition) is 2. The third-order valence-electron chi connectivity index (χ3n) is 1.40. The standard InChI is InChI=1S/C9H11BrN2/c1-2-3-6-11-9-8(10)5-4-7-12-9/h2,4-5,7H,1,3,6H2,(H,11,12). The van der Waals surface area contributed by atoms with E-state index < -0.39 is 0 Å². The predicted molar refractivity (Wildman–Crippen MR) is 55.2 cm³/mol. The van der Waals surface area contributed by atoms with Gasteiger partial charge in [0.1, 0.15) is 5.82 Å². The molecule has 0 saturated heterocycles. The van der Waals surface area contributed by atoms with Gasteiger partial charge in [-0.3, -0.25) is 0 Å². The monoisotopic (exact) mass is 226 g/mol. The first-order chi connectivity index (χ1) is 5.84. The Labute approximate surface area is 80.8 Å².